The molecule has 0 bridgehead atoms. The summed E-state index contributed by atoms with van der Waals surface area (Å²) in [6, 6.07) is 6.27. The van der Waals surface area contributed by atoms with Gasteiger partial charge in [0.25, 0.3) is 0 Å². The number of benzene rings is 1. The van der Waals surface area contributed by atoms with Crippen LogP contribution in [0.3, 0.4) is 0 Å². The van der Waals surface area contributed by atoms with Crippen molar-refractivity contribution in [3.63, 3.8) is 0 Å². The van der Waals surface area contributed by atoms with Gasteiger partial charge in [-0.05, 0) is 44.0 Å². The van der Waals surface area contributed by atoms with Gasteiger partial charge in [0, 0.05) is 31.0 Å². The Morgan fingerprint density at radius 3 is 2.58 bits per heavy atom. The molecular weight excluding hydrogens is 331 g/mol. The molecule has 1 fully saturated rings. The molecule has 0 spiro atoms. The Labute approximate surface area is 145 Å². The van der Waals surface area contributed by atoms with Gasteiger partial charge in [-0.3, -0.25) is 9.48 Å². The predicted octanol–water partition coefficient (Wildman–Crippen LogP) is 3.02. The number of nitrogens with one attached hydrogen (secondary N) is 1. The van der Waals surface area contributed by atoms with E-state index in [1.807, 2.05) is 0 Å². The average Bonchev–Trinajstić information content (AvgIpc) is 3.02. The Morgan fingerprint density at radius 2 is 2.00 bits per heavy atom. The number of carbonyl (C=O) groups excluding carboxylic acids is 1. The zero-order chi connectivity index (χ0) is 17.1. The molecule has 128 valence electrons. The quantitative estimate of drug-likeness (QED) is 0.922. The van der Waals surface area contributed by atoms with Gasteiger partial charge in [-0.25, -0.2) is 4.39 Å². The summed E-state index contributed by atoms with van der Waals surface area (Å²) in [6.07, 6.45) is 4.88. The molecule has 1 amide bonds. The maximum Gasteiger partial charge on any atom is 0.244 e. The summed E-state index contributed by atoms with van der Waals surface area (Å²) in [7, 11) is 0. The molecule has 0 radical (unpaired) electrons. The first-order chi connectivity index (χ1) is 11.5. The van der Waals surface area contributed by atoms with Crippen molar-refractivity contribution >= 4 is 23.2 Å². The minimum Gasteiger partial charge on any atom is -0.371 e. The summed E-state index contributed by atoms with van der Waals surface area (Å²) in [6.45, 7) is 3.46. The first-order valence-corrected chi connectivity index (χ1v) is 8.41. The number of anilines is 1. The lowest BCUT2D eigenvalue weighted by Gasteiger charge is -2.34. The van der Waals surface area contributed by atoms with E-state index in [1.165, 1.54) is 18.3 Å². The van der Waals surface area contributed by atoms with Gasteiger partial charge >= 0.3 is 0 Å². The van der Waals surface area contributed by atoms with Crippen LogP contribution in [0.1, 0.15) is 25.8 Å². The van der Waals surface area contributed by atoms with Gasteiger partial charge in [-0.1, -0.05) is 11.6 Å². The predicted molar refractivity (Wildman–Crippen MR) is 91.7 cm³/mol. The molecule has 1 atom stereocenters. The van der Waals surface area contributed by atoms with Gasteiger partial charge in [-0.2, -0.15) is 5.10 Å². The minimum absolute atomic E-state index is 0.0602. The van der Waals surface area contributed by atoms with E-state index >= 15 is 0 Å². The SMILES string of the molecule is C[C@H](C(=O)NC1CCN(c2ccc(F)cc2)CC1)n1cc(Cl)cn1. The van der Waals surface area contributed by atoms with Crippen LogP contribution in [0.4, 0.5) is 10.1 Å². The van der Waals surface area contributed by atoms with Crippen molar-refractivity contribution in [1.29, 1.82) is 0 Å². The summed E-state index contributed by atoms with van der Waals surface area (Å²) in [5, 5.41) is 7.67. The van der Waals surface area contributed by atoms with E-state index in [9.17, 15) is 9.18 Å². The van der Waals surface area contributed by atoms with E-state index in [2.05, 4.69) is 15.3 Å². The van der Waals surface area contributed by atoms with E-state index in [0.717, 1.165) is 31.6 Å². The van der Waals surface area contributed by atoms with Crippen molar-refractivity contribution in [2.24, 2.45) is 0 Å². The average molecular weight is 351 g/mol. The lowest BCUT2D eigenvalue weighted by Crippen LogP contribution is -2.46. The molecule has 2 heterocycles. The zero-order valence-electron chi connectivity index (χ0n) is 13.5. The fraction of sp³-hybridized carbons (Fsp3) is 0.412. The molecule has 2 aromatic rings. The van der Waals surface area contributed by atoms with Crippen molar-refractivity contribution in [2.75, 3.05) is 18.0 Å². The summed E-state index contributed by atoms with van der Waals surface area (Å²) in [4.78, 5) is 14.5. The van der Waals surface area contributed by atoms with Crippen LogP contribution in [0.15, 0.2) is 36.7 Å². The number of piperidine rings is 1. The van der Waals surface area contributed by atoms with Crippen molar-refractivity contribution in [3.8, 4) is 0 Å². The smallest absolute Gasteiger partial charge is 0.244 e. The maximum absolute atomic E-state index is 13.0. The summed E-state index contributed by atoms with van der Waals surface area (Å²) < 4.78 is 14.6. The van der Waals surface area contributed by atoms with Gasteiger partial charge in [0.2, 0.25) is 5.91 Å². The second-order valence-corrected chi connectivity index (χ2v) is 6.50. The number of hydrogen-bond donors (Lipinski definition) is 1. The van der Waals surface area contributed by atoms with Crippen molar-refractivity contribution in [2.45, 2.75) is 31.8 Å². The van der Waals surface area contributed by atoms with Crippen molar-refractivity contribution in [1.82, 2.24) is 15.1 Å². The molecule has 0 unspecified atom stereocenters. The van der Waals surface area contributed by atoms with Crippen LogP contribution in [0.25, 0.3) is 0 Å². The topological polar surface area (TPSA) is 50.2 Å². The first-order valence-electron chi connectivity index (χ1n) is 8.03. The van der Waals surface area contributed by atoms with Gasteiger partial charge in [0.15, 0.2) is 0 Å². The molecule has 0 saturated carbocycles. The Hall–Kier alpha value is -2.08. The van der Waals surface area contributed by atoms with Crippen molar-refractivity contribution in [3.05, 3.63) is 47.5 Å². The van der Waals surface area contributed by atoms with E-state index < -0.39 is 6.04 Å². The normalized spacial score (nSPS) is 16.9. The Bertz CT molecular complexity index is 695. The van der Waals surface area contributed by atoms with E-state index in [-0.39, 0.29) is 17.8 Å². The van der Waals surface area contributed by atoms with Crippen LogP contribution in [0.5, 0.6) is 0 Å². The lowest BCUT2D eigenvalue weighted by atomic mass is 10.0. The summed E-state index contributed by atoms with van der Waals surface area (Å²) in [5.41, 5.74) is 1.01. The van der Waals surface area contributed by atoms with Gasteiger partial charge in [-0.15, -0.1) is 0 Å². The zero-order valence-corrected chi connectivity index (χ0v) is 14.2. The Kier molecular flexibility index (Phi) is 5.04. The highest BCUT2D eigenvalue weighted by molar-refractivity contribution is 6.30. The number of aromatic nitrogens is 2. The highest BCUT2D eigenvalue weighted by Gasteiger charge is 2.24. The fourth-order valence-electron chi connectivity index (χ4n) is 2.90. The molecule has 1 N–H and O–H groups in total. The minimum atomic E-state index is -0.396. The monoisotopic (exact) mass is 350 g/mol. The van der Waals surface area contributed by atoms with Crippen LogP contribution >= 0.6 is 11.6 Å². The van der Waals surface area contributed by atoms with Crippen LogP contribution in [0.2, 0.25) is 5.02 Å². The first kappa shape index (κ1) is 16.8. The number of amides is 1. The molecule has 3 rings (SSSR count). The molecule has 1 aliphatic heterocycles. The molecule has 1 aliphatic rings. The standard InChI is InChI=1S/C17H20ClFN4O/c1-12(23-11-13(18)10-20-23)17(24)21-15-6-8-22(9-7-15)16-4-2-14(19)3-5-16/h2-5,10-12,15H,6-9H2,1H3,(H,21,24)/t12-/m1/s1. The van der Waals surface area contributed by atoms with E-state index in [1.54, 1.807) is 29.9 Å². The number of carbonyl (C=O) groups is 1. The molecule has 7 heteroatoms. The highest BCUT2D eigenvalue weighted by Crippen LogP contribution is 2.21. The van der Waals surface area contributed by atoms with Crippen LogP contribution < -0.4 is 10.2 Å². The molecule has 24 heavy (non-hydrogen) atoms. The second kappa shape index (κ2) is 7.21. The molecule has 1 aromatic heterocycles. The summed E-state index contributed by atoms with van der Waals surface area (Å²) in [5.74, 6) is -0.288. The lowest BCUT2D eigenvalue weighted by molar-refractivity contribution is -0.125. The molecular formula is C17H20ClFN4O. The Morgan fingerprint density at radius 1 is 1.33 bits per heavy atom. The number of hydrogen-bond acceptors (Lipinski definition) is 3. The maximum atomic E-state index is 13.0. The summed E-state index contributed by atoms with van der Waals surface area (Å²) >= 11 is 5.84. The third-order valence-electron chi connectivity index (χ3n) is 4.38. The highest BCUT2D eigenvalue weighted by atomic mass is 35.5. The van der Waals surface area contributed by atoms with Crippen LogP contribution in [-0.4, -0.2) is 34.8 Å². The fourth-order valence-corrected chi connectivity index (χ4v) is 3.05. The molecule has 1 saturated heterocycles. The van der Waals surface area contributed by atoms with Gasteiger partial charge in [0.05, 0.1) is 11.2 Å². The number of nitrogens with zero attached hydrogens (tertiary/aromatic N) is 3. The molecule has 0 aliphatic carbocycles. The van der Waals surface area contributed by atoms with E-state index in [0.29, 0.717) is 5.02 Å². The Balaban J connectivity index is 1.51. The third kappa shape index (κ3) is 3.87. The van der Waals surface area contributed by atoms with Crippen LogP contribution in [0, 0.1) is 5.82 Å². The number of halogens is 2. The van der Waals surface area contributed by atoms with Gasteiger partial charge < -0.3 is 10.2 Å². The number of rotatable bonds is 4. The third-order valence-corrected chi connectivity index (χ3v) is 4.57. The second-order valence-electron chi connectivity index (χ2n) is 6.06. The van der Waals surface area contributed by atoms with Crippen molar-refractivity contribution < 1.29 is 9.18 Å². The molecule has 5 nitrogen and oxygen atoms in total. The van der Waals surface area contributed by atoms with Gasteiger partial charge in [0.1, 0.15) is 11.9 Å². The van der Waals surface area contributed by atoms with Crippen LogP contribution in [-0.2, 0) is 4.79 Å². The largest absolute Gasteiger partial charge is 0.371 e. The molecule has 1 aromatic carbocycles. The van der Waals surface area contributed by atoms with E-state index in [4.69, 9.17) is 11.6 Å².